The molecule has 0 atom stereocenters. The first kappa shape index (κ1) is 22.8. The van der Waals surface area contributed by atoms with E-state index in [-0.39, 0.29) is 5.91 Å². The zero-order valence-corrected chi connectivity index (χ0v) is 20.3. The van der Waals surface area contributed by atoms with Gasteiger partial charge in [0.05, 0.1) is 30.7 Å². The van der Waals surface area contributed by atoms with Crippen LogP contribution in [0, 0.1) is 0 Å². The quantitative estimate of drug-likeness (QED) is 0.571. The predicted molar refractivity (Wildman–Crippen MR) is 134 cm³/mol. The molecule has 3 aromatic rings. The van der Waals surface area contributed by atoms with Crippen LogP contribution in [-0.4, -0.2) is 75.6 Å². The smallest absolute Gasteiger partial charge is 0.257 e. The number of hydrogen-bond donors (Lipinski definition) is 1. The Morgan fingerprint density at radius 3 is 2.71 bits per heavy atom. The third-order valence-corrected chi connectivity index (χ3v) is 7.38. The molecule has 1 amide bonds. The maximum absolute atomic E-state index is 13.1. The number of hydrogen-bond acceptors (Lipinski definition) is 9. The van der Waals surface area contributed by atoms with Crippen LogP contribution >= 0.6 is 11.3 Å². The van der Waals surface area contributed by atoms with Crippen molar-refractivity contribution in [1.29, 1.82) is 0 Å². The molecule has 0 bridgehead atoms. The molecule has 0 unspecified atom stereocenters. The van der Waals surface area contributed by atoms with Crippen molar-refractivity contribution in [2.24, 2.45) is 0 Å². The first-order chi connectivity index (χ1) is 16.6. The summed E-state index contributed by atoms with van der Waals surface area (Å²) in [6, 6.07) is 7.95. The largest absolute Gasteiger partial charge is 0.494 e. The number of ether oxygens (including phenoxy) is 3. The van der Waals surface area contributed by atoms with E-state index in [0.717, 1.165) is 60.9 Å². The summed E-state index contributed by atoms with van der Waals surface area (Å²) in [4.78, 5) is 26.6. The van der Waals surface area contributed by atoms with Crippen LogP contribution in [0.25, 0.3) is 10.2 Å². The third-order valence-electron chi connectivity index (χ3n) is 6.39. The topological polar surface area (TPSA) is 89.1 Å². The number of fused-ring (bicyclic) bond motifs is 1. The van der Waals surface area contributed by atoms with Crippen molar-refractivity contribution < 1.29 is 19.0 Å². The Balaban J connectivity index is 1.40. The van der Waals surface area contributed by atoms with Crippen molar-refractivity contribution in [3.8, 4) is 5.75 Å². The molecule has 2 aliphatic rings. The van der Waals surface area contributed by atoms with Crippen molar-refractivity contribution in [2.75, 3.05) is 68.8 Å². The molecular formula is C24H29N5O4S. The highest BCUT2D eigenvalue weighted by Gasteiger charge is 2.23. The normalized spacial score (nSPS) is 17.1. The Kier molecular flexibility index (Phi) is 6.80. The number of carbonyl (C=O) groups is 1. The third kappa shape index (κ3) is 4.66. The Bertz CT molecular complexity index is 1160. The van der Waals surface area contributed by atoms with E-state index >= 15 is 0 Å². The molecule has 0 spiro atoms. The monoisotopic (exact) mass is 483 g/mol. The van der Waals surface area contributed by atoms with E-state index in [2.05, 4.69) is 33.2 Å². The van der Waals surface area contributed by atoms with Crippen LogP contribution < -0.4 is 19.9 Å². The van der Waals surface area contributed by atoms with Gasteiger partial charge in [0.15, 0.2) is 5.13 Å². The average molecular weight is 484 g/mol. The molecule has 0 radical (unpaired) electrons. The Morgan fingerprint density at radius 2 is 1.94 bits per heavy atom. The molecule has 0 aliphatic carbocycles. The lowest BCUT2D eigenvalue weighted by Crippen LogP contribution is -2.36. The number of pyridine rings is 1. The zero-order valence-electron chi connectivity index (χ0n) is 19.5. The van der Waals surface area contributed by atoms with E-state index in [4.69, 9.17) is 19.2 Å². The first-order valence-corrected chi connectivity index (χ1v) is 12.3. The van der Waals surface area contributed by atoms with Crippen LogP contribution in [0.4, 0.5) is 16.6 Å². The number of morpholine rings is 1. The van der Waals surface area contributed by atoms with Crippen LogP contribution in [0.5, 0.6) is 5.75 Å². The minimum atomic E-state index is -0.214. The number of anilines is 3. The number of nitrogens with zero attached hydrogens (tertiary/aromatic N) is 4. The van der Waals surface area contributed by atoms with E-state index < -0.39 is 0 Å². The van der Waals surface area contributed by atoms with E-state index in [1.54, 1.807) is 19.4 Å². The van der Waals surface area contributed by atoms with E-state index in [9.17, 15) is 4.79 Å². The molecule has 5 rings (SSSR count). The first-order valence-electron chi connectivity index (χ1n) is 11.5. The molecule has 180 valence electrons. The Morgan fingerprint density at radius 1 is 1.18 bits per heavy atom. The van der Waals surface area contributed by atoms with E-state index in [0.29, 0.717) is 35.7 Å². The van der Waals surface area contributed by atoms with Gasteiger partial charge in [-0.05, 0) is 37.1 Å². The zero-order chi connectivity index (χ0) is 23.5. The SMILES string of the molecule is COc1ccc(N(C)C2CCOCC2)c2sc(NC(=O)c3ccnc(N4CCOCC4)c3)nc12. The fourth-order valence-corrected chi connectivity index (χ4v) is 5.46. The van der Waals surface area contributed by atoms with Gasteiger partial charge < -0.3 is 24.0 Å². The maximum Gasteiger partial charge on any atom is 0.257 e. The van der Waals surface area contributed by atoms with Crippen LogP contribution in [0.1, 0.15) is 23.2 Å². The fourth-order valence-electron chi connectivity index (χ4n) is 4.43. The summed E-state index contributed by atoms with van der Waals surface area (Å²) < 4.78 is 17.5. The highest BCUT2D eigenvalue weighted by atomic mass is 32.1. The molecular weight excluding hydrogens is 454 g/mol. The molecule has 2 fully saturated rings. The van der Waals surface area contributed by atoms with Crippen LogP contribution in [0.15, 0.2) is 30.5 Å². The minimum absolute atomic E-state index is 0.214. The summed E-state index contributed by atoms with van der Waals surface area (Å²) in [5, 5.41) is 3.52. The van der Waals surface area contributed by atoms with Crippen LogP contribution in [0.3, 0.4) is 0 Å². The number of carbonyl (C=O) groups excluding carboxylic acids is 1. The molecule has 2 aliphatic heterocycles. The molecule has 4 heterocycles. The van der Waals surface area contributed by atoms with E-state index in [1.165, 1.54) is 11.3 Å². The van der Waals surface area contributed by atoms with Gasteiger partial charge in [-0.3, -0.25) is 10.1 Å². The van der Waals surface area contributed by atoms with Crippen LogP contribution in [-0.2, 0) is 9.47 Å². The second-order valence-electron chi connectivity index (χ2n) is 8.39. The predicted octanol–water partition coefficient (Wildman–Crippen LogP) is 3.40. The number of rotatable bonds is 6. The molecule has 34 heavy (non-hydrogen) atoms. The van der Waals surface area contributed by atoms with Crippen molar-refractivity contribution in [3.05, 3.63) is 36.0 Å². The van der Waals surface area contributed by atoms with Crippen molar-refractivity contribution in [2.45, 2.75) is 18.9 Å². The highest BCUT2D eigenvalue weighted by Crippen LogP contribution is 2.40. The lowest BCUT2D eigenvalue weighted by Gasteiger charge is -2.33. The van der Waals surface area contributed by atoms with E-state index in [1.807, 2.05) is 12.1 Å². The van der Waals surface area contributed by atoms with Crippen molar-refractivity contribution in [3.63, 3.8) is 0 Å². The summed E-state index contributed by atoms with van der Waals surface area (Å²) in [5.74, 6) is 1.26. The minimum Gasteiger partial charge on any atom is -0.494 e. The summed E-state index contributed by atoms with van der Waals surface area (Å²) in [6.45, 7) is 4.40. The highest BCUT2D eigenvalue weighted by molar-refractivity contribution is 7.23. The summed E-state index contributed by atoms with van der Waals surface area (Å²) in [6.07, 6.45) is 3.64. The molecule has 9 nitrogen and oxygen atoms in total. The average Bonchev–Trinajstić information content (AvgIpc) is 3.32. The Hall–Kier alpha value is -2.95. The molecule has 2 saturated heterocycles. The van der Waals surface area contributed by atoms with Gasteiger partial charge in [-0.2, -0.15) is 0 Å². The standard InChI is InChI=1S/C24H29N5O4S/c1-28(17-6-11-32-12-7-17)18-3-4-19(31-2)21-22(18)34-24(26-21)27-23(30)16-5-8-25-20(15-16)29-9-13-33-14-10-29/h3-5,8,15,17H,6-7,9-14H2,1-2H3,(H,26,27,30). The molecule has 0 saturated carbocycles. The van der Waals surface area contributed by atoms with Gasteiger partial charge in [-0.15, -0.1) is 0 Å². The summed E-state index contributed by atoms with van der Waals surface area (Å²) >= 11 is 1.46. The molecule has 10 heteroatoms. The van der Waals surface area contributed by atoms with Gasteiger partial charge in [0, 0.05) is 51.2 Å². The number of benzene rings is 1. The number of aromatic nitrogens is 2. The number of nitrogens with one attached hydrogen (secondary N) is 1. The van der Waals surface area contributed by atoms with Crippen LogP contribution in [0.2, 0.25) is 0 Å². The second-order valence-corrected chi connectivity index (χ2v) is 9.39. The van der Waals surface area contributed by atoms with Gasteiger partial charge in [0.1, 0.15) is 17.1 Å². The Labute approximate surface area is 202 Å². The van der Waals surface area contributed by atoms with Gasteiger partial charge in [-0.25, -0.2) is 9.97 Å². The number of methoxy groups -OCH3 is 1. The van der Waals surface area contributed by atoms with Gasteiger partial charge in [0.2, 0.25) is 0 Å². The summed E-state index contributed by atoms with van der Waals surface area (Å²) in [7, 11) is 3.75. The number of amides is 1. The lowest BCUT2D eigenvalue weighted by molar-refractivity contribution is 0.0855. The lowest BCUT2D eigenvalue weighted by atomic mass is 10.1. The van der Waals surface area contributed by atoms with Gasteiger partial charge in [0.25, 0.3) is 5.91 Å². The summed E-state index contributed by atoms with van der Waals surface area (Å²) in [5.41, 5.74) is 2.38. The molecule has 1 aromatic carbocycles. The fraction of sp³-hybridized carbons (Fsp3) is 0.458. The second kappa shape index (κ2) is 10.1. The van der Waals surface area contributed by atoms with Gasteiger partial charge >= 0.3 is 0 Å². The van der Waals surface area contributed by atoms with Crippen molar-refractivity contribution >= 4 is 44.1 Å². The number of thiazole rings is 1. The van der Waals surface area contributed by atoms with Crippen molar-refractivity contribution in [1.82, 2.24) is 9.97 Å². The molecule has 2 aromatic heterocycles. The maximum atomic E-state index is 13.1. The van der Waals surface area contributed by atoms with Gasteiger partial charge in [-0.1, -0.05) is 11.3 Å². The molecule has 1 N–H and O–H groups in total.